The standard InChI is InChI=1S/C38H49ClN2O10S/c39-31-10-9-27(52-19-3-6-35(46)41(15-17-49-18-16-42)22-32(44)36(47)37(48)33(45)23-43)20-25(31)24-50-38(12-13-38)30-21-40-14-11-28(30)29-4-1-2-5-34(29)51-26-7-8-26/h1-2,4-5,9-11,14,20-21,26,32-33,36-37,42-45,47-48H,3,6-8,12-13,15-19,22-24H2/t32-,33+,36+,37+/m0/s1. The minimum Gasteiger partial charge on any atom is -0.490 e. The second-order valence-corrected chi connectivity index (χ2v) is 14.8. The fourth-order valence-electron chi connectivity index (χ4n) is 5.85. The third-order valence-corrected chi connectivity index (χ3v) is 10.6. The molecule has 2 saturated carbocycles. The summed E-state index contributed by atoms with van der Waals surface area (Å²) >= 11 is 8.20. The van der Waals surface area contributed by atoms with Crippen LogP contribution in [0.25, 0.3) is 11.1 Å². The molecule has 52 heavy (non-hydrogen) atoms. The topological polar surface area (TPSA) is 182 Å². The molecule has 0 bridgehead atoms. The zero-order chi connectivity index (χ0) is 37.1. The summed E-state index contributed by atoms with van der Waals surface area (Å²) in [6, 6.07) is 15.9. The van der Waals surface area contributed by atoms with Crippen LogP contribution in [0.5, 0.6) is 5.75 Å². The molecule has 2 aliphatic rings. The van der Waals surface area contributed by atoms with Crippen LogP contribution in [0.2, 0.25) is 5.02 Å². The zero-order valence-corrected chi connectivity index (χ0v) is 30.6. The van der Waals surface area contributed by atoms with Crippen molar-refractivity contribution in [2.75, 3.05) is 45.3 Å². The maximum absolute atomic E-state index is 13.1. The molecule has 0 radical (unpaired) electrons. The molecular formula is C38H49ClN2O10S. The molecule has 4 atom stereocenters. The minimum atomic E-state index is -1.80. The molecule has 0 saturated heterocycles. The number of thioether (sulfide) groups is 1. The van der Waals surface area contributed by atoms with E-state index in [-0.39, 0.29) is 51.3 Å². The normalized spacial score (nSPS) is 17.3. The summed E-state index contributed by atoms with van der Waals surface area (Å²) in [5.74, 6) is 1.18. The van der Waals surface area contributed by atoms with Gasteiger partial charge in [-0.1, -0.05) is 29.8 Å². The number of hydrogen-bond donors (Lipinski definition) is 6. The number of pyridine rings is 1. The Labute approximate surface area is 313 Å². The number of amides is 1. The third-order valence-electron chi connectivity index (χ3n) is 9.16. The summed E-state index contributed by atoms with van der Waals surface area (Å²) in [5.41, 5.74) is 3.49. The fraction of sp³-hybridized carbons (Fsp3) is 0.526. The number of aromatic nitrogens is 1. The van der Waals surface area contributed by atoms with Gasteiger partial charge in [0.05, 0.1) is 44.7 Å². The summed E-state index contributed by atoms with van der Waals surface area (Å²) in [6.45, 7) is -0.755. The van der Waals surface area contributed by atoms with Crippen LogP contribution in [0.15, 0.2) is 65.8 Å². The Kier molecular flexibility index (Phi) is 15.1. The fourth-order valence-corrected chi connectivity index (χ4v) is 6.94. The quantitative estimate of drug-likeness (QED) is 0.0614. The van der Waals surface area contributed by atoms with E-state index in [2.05, 4.69) is 11.1 Å². The van der Waals surface area contributed by atoms with E-state index in [0.717, 1.165) is 58.6 Å². The van der Waals surface area contributed by atoms with Gasteiger partial charge in [-0.15, -0.1) is 11.8 Å². The number of benzene rings is 2. The maximum atomic E-state index is 13.1. The second-order valence-electron chi connectivity index (χ2n) is 13.2. The highest BCUT2D eigenvalue weighted by molar-refractivity contribution is 7.99. The predicted octanol–water partition coefficient (Wildman–Crippen LogP) is 3.29. The van der Waals surface area contributed by atoms with Gasteiger partial charge in [-0.25, -0.2) is 0 Å². The van der Waals surface area contributed by atoms with Crippen molar-refractivity contribution in [1.82, 2.24) is 9.88 Å². The summed E-state index contributed by atoms with van der Waals surface area (Å²) < 4.78 is 18.1. The number of para-hydroxylation sites is 1. The molecule has 0 aliphatic heterocycles. The van der Waals surface area contributed by atoms with Crippen molar-refractivity contribution in [2.24, 2.45) is 0 Å². The van der Waals surface area contributed by atoms with Gasteiger partial charge in [-0.05, 0) is 79.3 Å². The Morgan fingerprint density at radius 3 is 2.50 bits per heavy atom. The van der Waals surface area contributed by atoms with Crippen LogP contribution in [0.4, 0.5) is 0 Å². The van der Waals surface area contributed by atoms with Crippen molar-refractivity contribution in [3.63, 3.8) is 0 Å². The van der Waals surface area contributed by atoms with E-state index in [9.17, 15) is 25.2 Å². The molecule has 6 N–H and O–H groups in total. The van der Waals surface area contributed by atoms with Gasteiger partial charge in [0, 0.05) is 52.9 Å². The molecule has 1 amide bonds. The lowest BCUT2D eigenvalue weighted by atomic mass is 9.96. The van der Waals surface area contributed by atoms with Crippen molar-refractivity contribution in [3.05, 3.63) is 77.1 Å². The third kappa shape index (κ3) is 11.1. The number of nitrogens with zero attached hydrogens (tertiary/aromatic N) is 2. The predicted molar refractivity (Wildman–Crippen MR) is 196 cm³/mol. The monoisotopic (exact) mass is 760 g/mol. The average Bonchev–Trinajstić information content (AvgIpc) is 4.11. The Hall–Kier alpha value is -2.82. The van der Waals surface area contributed by atoms with Gasteiger partial charge >= 0.3 is 0 Å². The molecule has 1 heterocycles. The number of carbonyl (C=O) groups excluding carboxylic acids is 1. The minimum absolute atomic E-state index is 0.0785. The first-order valence-corrected chi connectivity index (χ1v) is 19.1. The molecule has 1 aromatic heterocycles. The summed E-state index contributed by atoms with van der Waals surface area (Å²) in [5, 5.41) is 59.0. The largest absolute Gasteiger partial charge is 0.490 e. The van der Waals surface area contributed by atoms with Gasteiger partial charge in [0.15, 0.2) is 0 Å². The van der Waals surface area contributed by atoms with E-state index in [1.807, 2.05) is 48.7 Å². The number of ether oxygens (including phenoxy) is 3. The lowest BCUT2D eigenvalue weighted by Crippen LogP contribution is -2.51. The first-order valence-electron chi connectivity index (χ1n) is 17.7. The van der Waals surface area contributed by atoms with Gasteiger partial charge < -0.3 is 49.7 Å². The first-order chi connectivity index (χ1) is 25.2. The first kappa shape index (κ1) is 40.4. The molecule has 2 aliphatic carbocycles. The van der Waals surface area contributed by atoms with Gasteiger partial charge in [0.1, 0.15) is 30.2 Å². The van der Waals surface area contributed by atoms with E-state index >= 15 is 0 Å². The van der Waals surface area contributed by atoms with Gasteiger partial charge in [0.25, 0.3) is 0 Å². The Balaban J connectivity index is 1.16. The molecule has 2 aromatic carbocycles. The van der Waals surface area contributed by atoms with E-state index in [1.165, 1.54) is 4.90 Å². The SMILES string of the molecule is O=C(CCCSc1ccc(Cl)c(COC2(c3cnccc3-c3ccccc3OC3CC3)CC2)c1)N(CCOCCO)C[C@H](O)[C@@H](O)[C@H](O)[C@H](O)CO. The van der Waals surface area contributed by atoms with E-state index in [0.29, 0.717) is 23.8 Å². The second kappa shape index (κ2) is 19.5. The van der Waals surface area contributed by atoms with Crippen LogP contribution < -0.4 is 4.74 Å². The summed E-state index contributed by atoms with van der Waals surface area (Å²) in [7, 11) is 0. The van der Waals surface area contributed by atoms with E-state index in [4.69, 9.17) is 36.0 Å². The highest BCUT2D eigenvalue weighted by Gasteiger charge is 2.48. The lowest BCUT2D eigenvalue weighted by molar-refractivity contribution is -0.140. The van der Waals surface area contributed by atoms with Gasteiger partial charge in [-0.3, -0.25) is 9.78 Å². The highest BCUT2D eigenvalue weighted by atomic mass is 35.5. The smallest absolute Gasteiger partial charge is 0.222 e. The van der Waals surface area contributed by atoms with E-state index < -0.39 is 36.6 Å². The molecule has 2 fully saturated rings. The van der Waals surface area contributed by atoms with Crippen LogP contribution in [0.1, 0.15) is 49.7 Å². The Morgan fingerprint density at radius 2 is 1.77 bits per heavy atom. The van der Waals surface area contributed by atoms with Crippen molar-refractivity contribution < 1.29 is 49.6 Å². The van der Waals surface area contributed by atoms with Crippen LogP contribution >= 0.6 is 23.4 Å². The zero-order valence-electron chi connectivity index (χ0n) is 29.1. The van der Waals surface area contributed by atoms with Crippen LogP contribution in [-0.4, -0.2) is 122 Å². The summed E-state index contributed by atoms with van der Waals surface area (Å²) in [6.07, 6.45) is 1.67. The Bertz CT molecular complexity index is 1590. The molecular weight excluding hydrogens is 712 g/mol. The van der Waals surface area contributed by atoms with Crippen LogP contribution in [-0.2, 0) is 26.5 Å². The van der Waals surface area contributed by atoms with Gasteiger partial charge in [-0.2, -0.15) is 0 Å². The average molecular weight is 761 g/mol. The number of aliphatic hydroxyl groups is 6. The lowest BCUT2D eigenvalue weighted by Gasteiger charge is -2.30. The molecule has 284 valence electrons. The number of aliphatic hydroxyl groups excluding tert-OH is 6. The van der Waals surface area contributed by atoms with Crippen molar-refractivity contribution in [2.45, 2.75) is 86.1 Å². The van der Waals surface area contributed by atoms with E-state index in [1.54, 1.807) is 18.0 Å². The maximum Gasteiger partial charge on any atom is 0.222 e. The van der Waals surface area contributed by atoms with Crippen LogP contribution in [0, 0.1) is 0 Å². The molecule has 0 unspecified atom stereocenters. The molecule has 14 heteroatoms. The highest BCUT2D eigenvalue weighted by Crippen LogP contribution is 2.53. The van der Waals surface area contributed by atoms with Crippen molar-refractivity contribution >= 4 is 29.3 Å². The molecule has 12 nitrogen and oxygen atoms in total. The number of rotatable bonds is 23. The van der Waals surface area contributed by atoms with Crippen LogP contribution in [0.3, 0.4) is 0 Å². The number of halogens is 1. The molecule has 3 aromatic rings. The van der Waals surface area contributed by atoms with Gasteiger partial charge in [0.2, 0.25) is 5.91 Å². The summed E-state index contributed by atoms with van der Waals surface area (Å²) in [4.78, 5) is 19.9. The molecule has 5 rings (SSSR count). The van der Waals surface area contributed by atoms with Crippen molar-refractivity contribution in [1.29, 1.82) is 0 Å². The Morgan fingerprint density at radius 1 is 1.00 bits per heavy atom. The molecule has 0 spiro atoms. The van der Waals surface area contributed by atoms with Crippen molar-refractivity contribution in [3.8, 4) is 16.9 Å². The number of carbonyl (C=O) groups is 1. The number of hydrogen-bond acceptors (Lipinski definition) is 12.